The van der Waals surface area contributed by atoms with E-state index in [1.54, 1.807) is 0 Å². The molecule has 0 aromatic heterocycles. The Morgan fingerprint density at radius 3 is 2.55 bits per heavy atom. The van der Waals surface area contributed by atoms with Crippen LogP contribution in [0.2, 0.25) is 0 Å². The molecule has 1 fully saturated rings. The minimum atomic E-state index is -0.516. The molecule has 1 heterocycles. The predicted molar refractivity (Wildman–Crippen MR) is 51.0 cm³/mol. The van der Waals surface area contributed by atoms with E-state index in [1.807, 2.05) is 23.5 Å². The van der Waals surface area contributed by atoms with Gasteiger partial charge in [0.1, 0.15) is 0 Å². The van der Waals surface area contributed by atoms with Crippen LogP contribution < -0.4 is 0 Å². The van der Waals surface area contributed by atoms with Crippen molar-refractivity contribution in [1.29, 1.82) is 0 Å². The molecule has 1 unspecified atom stereocenters. The van der Waals surface area contributed by atoms with E-state index < -0.39 is 6.10 Å². The van der Waals surface area contributed by atoms with E-state index in [1.165, 1.54) is 17.9 Å². The molecule has 0 saturated carbocycles. The fourth-order valence-electron chi connectivity index (χ4n) is 0.969. The van der Waals surface area contributed by atoms with Crippen LogP contribution in [0.1, 0.15) is 12.8 Å². The number of thioether (sulfide) groups is 2. The summed E-state index contributed by atoms with van der Waals surface area (Å²) in [6, 6.07) is 0. The van der Waals surface area contributed by atoms with E-state index >= 15 is 0 Å². The first-order valence-electron chi connectivity index (χ1n) is 3.85. The third kappa shape index (κ3) is 3.69. The summed E-state index contributed by atoms with van der Waals surface area (Å²) < 4.78 is 0.505. The van der Waals surface area contributed by atoms with Crippen LogP contribution in [0.3, 0.4) is 0 Å². The molecule has 1 atom stereocenters. The van der Waals surface area contributed by atoms with Crippen molar-refractivity contribution in [3.05, 3.63) is 0 Å². The highest BCUT2D eigenvalue weighted by atomic mass is 32.2. The Labute approximate surface area is 75.8 Å². The maximum absolute atomic E-state index is 9.13. The van der Waals surface area contributed by atoms with Crippen LogP contribution in [-0.2, 0) is 0 Å². The van der Waals surface area contributed by atoms with Crippen molar-refractivity contribution >= 4 is 23.5 Å². The van der Waals surface area contributed by atoms with Crippen LogP contribution in [-0.4, -0.2) is 39.0 Å². The van der Waals surface area contributed by atoms with Gasteiger partial charge in [-0.3, -0.25) is 0 Å². The highest BCUT2D eigenvalue weighted by molar-refractivity contribution is 8.17. The number of hydrogen-bond donors (Lipinski definition) is 2. The Balaban J connectivity index is 2.13. The summed E-state index contributed by atoms with van der Waals surface area (Å²) in [7, 11) is 0. The molecule has 1 rings (SSSR count). The molecule has 4 heteroatoms. The highest BCUT2D eigenvalue weighted by Gasteiger charge is 2.17. The normalized spacial score (nSPS) is 23.5. The Kier molecular flexibility index (Phi) is 4.67. The van der Waals surface area contributed by atoms with Crippen LogP contribution in [0.25, 0.3) is 0 Å². The molecular formula is C7H14O2S2. The van der Waals surface area contributed by atoms with E-state index in [4.69, 9.17) is 10.2 Å². The molecule has 1 aliphatic rings. The first kappa shape index (κ1) is 9.71. The van der Waals surface area contributed by atoms with Crippen molar-refractivity contribution < 1.29 is 10.2 Å². The monoisotopic (exact) mass is 194 g/mol. The summed E-state index contributed by atoms with van der Waals surface area (Å²) in [6.45, 7) is -0.0996. The number of aliphatic hydroxyl groups is 2. The zero-order valence-corrected chi connectivity index (χ0v) is 8.03. The van der Waals surface area contributed by atoms with Crippen LogP contribution >= 0.6 is 23.5 Å². The molecule has 1 aliphatic heterocycles. The zero-order chi connectivity index (χ0) is 8.10. The molecule has 0 bridgehead atoms. The van der Waals surface area contributed by atoms with Gasteiger partial charge in [0.2, 0.25) is 0 Å². The summed E-state index contributed by atoms with van der Waals surface area (Å²) in [5.74, 6) is 2.41. The Morgan fingerprint density at radius 1 is 1.36 bits per heavy atom. The molecule has 0 amide bonds. The summed E-state index contributed by atoms with van der Waals surface area (Å²) in [5.41, 5.74) is 0. The zero-order valence-electron chi connectivity index (χ0n) is 6.40. The van der Waals surface area contributed by atoms with Gasteiger partial charge in [0, 0.05) is 0 Å². The average molecular weight is 194 g/mol. The van der Waals surface area contributed by atoms with Crippen molar-refractivity contribution in [3.8, 4) is 0 Å². The van der Waals surface area contributed by atoms with Crippen molar-refractivity contribution in [1.82, 2.24) is 0 Å². The second kappa shape index (κ2) is 5.30. The van der Waals surface area contributed by atoms with E-state index in [9.17, 15) is 0 Å². The minimum absolute atomic E-state index is 0.0996. The lowest BCUT2D eigenvalue weighted by atomic mass is 10.3. The van der Waals surface area contributed by atoms with E-state index in [-0.39, 0.29) is 6.61 Å². The SMILES string of the molecule is OCC(O)CC1SCCCS1. The molecule has 0 aromatic rings. The summed E-state index contributed by atoms with van der Waals surface area (Å²) >= 11 is 3.80. The minimum Gasteiger partial charge on any atom is -0.394 e. The van der Waals surface area contributed by atoms with E-state index in [2.05, 4.69) is 0 Å². The van der Waals surface area contributed by atoms with Crippen molar-refractivity contribution in [2.75, 3.05) is 18.1 Å². The lowest BCUT2D eigenvalue weighted by Crippen LogP contribution is -2.19. The molecule has 0 radical (unpaired) electrons. The lowest BCUT2D eigenvalue weighted by Gasteiger charge is -2.22. The molecule has 2 nitrogen and oxygen atoms in total. The molecule has 0 spiro atoms. The van der Waals surface area contributed by atoms with Crippen LogP contribution in [0.15, 0.2) is 0 Å². The summed E-state index contributed by atoms with van der Waals surface area (Å²) in [5, 5.41) is 17.7. The maximum Gasteiger partial charge on any atom is 0.0789 e. The van der Waals surface area contributed by atoms with Gasteiger partial charge in [-0.1, -0.05) is 0 Å². The molecule has 66 valence electrons. The standard InChI is InChI=1S/C7H14O2S2/c8-5-6(9)4-7-10-2-1-3-11-7/h6-9H,1-5H2. The van der Waals surface area contributed by atoms with Gasteiger partial charge in [-0.25, -0.2) is 0 Å². The summed E-state index contributed by atoms with van der Waals surface area (Å²) in [6.07, 6.45) is 1.49. The van der Waals surface area contributed by atoms with Gasteiger partial charge in [0.25, 0.3) is 0 Å². The molecular weight excluding hydrogens is 180 g/mol. The average Bonchev–Trinajstić information content (AvgIpc) is 2.06. The van der Waals surface area contributed by atoms with Crippen LogP contribution in [0, 0.1) is 0 Å². The molecule has 1 saturated heterocycles. The van der Waals surface area contributed by atoms with Crippen LogP contribution in [0.5, 0.6) is 0 Å². The maximum atomic E-state index is 9.13. The van der Waals surface area contributed by atoms with Crippen molar-refractivity contribution in [2.45, 2.75) is 23.5 Å². The molecule has 0 aliphatic carbocycles. The number of hydrogen-bond acceptors (Lipinski definition) is 4. The van der Waals surface area contributed by atoms with Gasteiger partial charge < -0.3 is 10.2 Å². The highest BCUT2D eigenvalue weighted by Crippen LogP contribution is 2.33. The summed E-state index contributed by atoms with van der Waals surface area (Å²) in [4.78, 5) is 0. The first-order chi connectivity index (χ1) is 5.33. The lowest BCUT2D eigenvalue weighted by molar-refractivity contribution is 0.0918. The third-order valence-electron chi connectivity index (χ3n) is 1.57. The van der Waals surface area contributed by atoms with Crippen molar-refractivity contribution in [3.63, 3.8) is 0 Å². The van der Waals surface area contributed by atoms with Gasteiger partial charge in [-0.15, -0.1) is 23.5 Å². The van der Waals surface area contributed by atoms with E-state index in [0.717, 1.165) is 6.42 Å². The quantitative estimate of drug-likeness (QED) is 0.701. The number of aliphatic hydroxyl groups excluding tert-OH is 2. The van der Waals surface area contributed by atoms with Crippen molar-refractivity contribution in [2.24, 2.45) is 0 Å². The Bertz CT molecular complexity index is 105. The largest absolute Gasteiger partial charge is 0.394 e. The van der Waals surface area contributed by atoms with Gasteiger partial charge >= 0.3 is 0 Å². The van der Waals surface area contributed by atoms with Gasteiger partial charge in [-0.2, -0.15) is 0 Å². The van der Waals surface area contributed by atoms with Gasteiger partial charge in [0.15, 0.2) is 0 Å². The predicted octanol–water partition coefficient (Wildman–Crippen LogP) is 0.926. The first-order valence-corrected chi connectivity index (χ1v) is 5.95. The molecule has 11 heavy (non-hydrogen) atoms. The van der Waals surface area contributed by atoms with Crippen LogP contribution in [0.4, 0.5) is 0 Å². The van der Waals surface area contributed by atoms with Gasteiger partial charge in [0.05, 0.1) is 17.3 Å². The fraction of sp³-hybridized carbons (Fsp3) is 1.00. The second-order valence-electron chi connectivity index (χ2n) is 2.60. The Hall–Kier alpha value is 0.620. The van der Waals surface area contributed by atoms with E-state index in [0.29, 0.717) is 4.58 Å². The molecule has 0 aromatic carbocycles. The van der Waals surface area contributed by atoms with Gasteiger partial charge in [-0.05, 0) is 24.3 Å². The Morgan fingerprint density at radius 2 is 2.00 bits per heavy atom. The third-order valence-corrected chi connectivity index (χ3v) is 4.57. The smallest absolute Gasteiger partial charge is 0.0789 e. The fourth-order valence-corrected chi connectivity index (χ4v) is 3.98. The second-order valence-corrected chi connectivity index (χ2v) is 5.52. The molecule has 2 N–H and O–H groups in total. The number of rotatable bonds is 3. The topological polar surface area (TPSA) is 40.5 Å².